The van der Waals surface area contributed by atoms with E-state index in [1.54, 1.807) is 36.4 Å². The minimum Gasteiger partial charge on any atom is -0.493 e. The third kappa shape index (κ3) is 6.25. The monoisotopic (exact) mass is 396 g/mol. The Hall–Kier alpha value is -3.53. The number of methoxy groups -OCH3 is 1. The lowest BCUT2D eigenvalue weighted by Crippen LogP contribution is -2.14. The Morgan fingerprint density at radius 2 is 1.83 bits per heavy atom. The van der Waals surface area contributed by atoms with E-state index in [0.29, 0.717) is 53.7 Å². The fourth-order valence-corrected chi connectivity index (χ4v) is 2.61. The van der Waals surface area contributed by atoms with Crippen LogP contribution in [-0.4, -0.2) is 32.0 Å². The number of nitrogens with one attached hydrogen (secondary N) is 1. The lowest BCUT2D eigenvalue weighted by molar-refractivity contribution is -0.116. The Morgan fingerprint density at radius 3 is 2.48 bits per heavy atom. The van der Waals surface area contributed by atoms with Crippen molar-refractivity contribution >= 4 is 17.4 Å². The maximum Gasteiger partial charge on any atom is 0.224 e. The Labute approximate surface area is 170 Å². The van der Waals surface area contributed by atoms with Crippen molar-refractivity contribution in [3.63, 3.8) is 0 Å². The SMILES string of the molecule is CCOc1ccc(C#N)cc1NC(=O)CCCOc1ccc(C(C)=O)cc1OC. The molecule has 0 radical (unpaired) electrons. The summed E-state index contributed by atoms with van der Waals surface area (Å²) in [5, 5.41) is 11.8. The molecule has 0 aliphatic heterocycles. The van der Waals surface area contributed by atoms with E-state index in [2.05, 4.69) is 5.32 Å². The van der Waals surface area contributed by atoms with Gasteiger partial charge in [0.25, 0.3) is 0 Å². The van der Waals surface area contributed by atoms with Crippen LogP contribution in [0.5, 0.6) is 17.2 Å². The summed E-state index contributed by atoms with van der Waals surface area (Å²) in [6.07, 6.45) is 0.710. The fraction of sp³-hybridized carbons (Fsp3) is 0.318. The van der Waals surface area contributed by atoms with E-state index < -0.39 is 0 Å². The standard InChI is InChI=1S/C22H24N2O5/c1-4-28-19-9-7-16(14-23)12-18(19)24-22(26)6-5-11-29-20-10-8-17(15(2)25)13-21(20)27-3/h7-10,12-13H,4-6,11H2,1-3H3,(H,24,26). The van der Waals surface area contributed by atoms with Gasteiger partial charge in [0.2, 0.25) is 5.91 Å². The van der Waals surface area contributed by atoms with Crippen molar-refractivity contribution < 1.29 is 23.8 Å². The van der Waals surface area contributed by atoms with Crippen LogP contribution in [0, 0.1) is 11.3 Å². The molecule has 0 aromatic heterocycles. The molecule has 0 aliphatic rings. The van der Waals surface area contributed by atoms with Crippen molar-refractivity contribution in [3.8, 4) is 23.3 Å². The number of hydrogen-bond acceptors (Lipinski definition) is 6. The molecule has 0 atom stereocenters. The van der Waals surface area contributed by atoms with Gasteiger partial charge in [0.05, 0.1) is 37.6 Å². The zero-order valence-corrected chi connectivity index (χ0v) is 16.8. The number of rotatable bonds is 10. The molecule has 0 saturated carbocycles. The maximum absolute atomic E-state index is 12.3. The number of nitrogens with zero attached hydrogens (tertiary/aromatic N) is 1. The van der Waals surface area contributed by atoms with Crippen LogP contribution in [0.25, 0.3) is 0 Å². The van der Waals surface area contributed by atoms with Crippen molar-refractivity contribution in [1.29, 1.82) is 5.26 Å². The Kier molecular flexibility index (Phi) is 8.04. The fourth-order valence-electron chi connectivity index (χ4n) is 2.61. The number of hydrogen-bond donors (Lipinski definition) is 1. The molecule has 7 heteroatoms. The van der Waals surface area contributed by atoms with E-state index in [0.717, 1.165) is 0 Å². The van der Waals surface area contributed by atoms with Gasteiger partial charge in [0.1, 0.15) is 5.75 Å². The second-order valence-electron chi connectivity index (χ2n) is 6.18. The normalized spacial score (nSPS) is 10.0. The third-order valence-electron chi connectivity index (χ3n) is 4.06. The summed E-state index contributed by atoms with van der Waals surface area (Å²) in [6, 6.07) is 11.9. The van der Waals surface area contributed by atoms with E-state index in [1.807, 2.05) is 13.0 Å². The molecule has 0 spiro atoms. The van der Waals surface area contributed by atoms with Crippen LogP contribution < -0.4 is 19.5 Å². The molecule has 0 aliphatic carbocycles. The van der Waals surface area contributed by atoms with Gasteiger partial charge in [0, 0.05) is 12.0 Å². The second kappa shape index (κ2) is 10.7. The van der Waals surface area contributed by atoms with Gasteiger partial charge in [-0.1, -0.05) is 0 Å². The lowest BCUT2D eigenvalue weighted by atomic mass is 10.1. The first-order valence-electron chi connectivity index (χ1n) is 9.27. The molecule has 1 amide bonds. The average Bonchev–Trinajstić information content (AvgIpc) is 2.72. The average molecular weight is 396 g/mol. The number of carbonyl (C=O) groups excluding carboxylic acids is 2. The topological polar surface area (TPSA) is 97.6 Å². The van der Waals surface area contributed by atoms with Gasteiger partial charge in [0.15, 0.2) is 17.3 Å². The van der Waals surface area contributed by atoms with Gasteiger partial charge < -0.3 is 19.5 Å². The predicted molar refractivity (Wildman–Crippen MR) is 109 cm³/mol. The summed E-state index contributed by atoms with van der Waals surface area (Å²) in [5.41, 5.74) is 1.45. The number of ketones is 1. The second-order valence-corrected chi connectivity index (χ2v) is 6.18. The smallest absolute Gasteiger partial charge is 0.224 e. The van der Waals surface area contributed by atoms with E-state index in [1.165, 1.54) is 14.0 Å². The molecule has 0 heterocycles. The summed E-state index contributed by atoms with van der Waals surface area (Å²) in [4.78, 5) is 23.7. The summed E-state index contributed by atoms with van der Waals surface area (Å²) in [6.45, 7) is 4.09. The summed E-state index contributed by atoms with van der Waals surface area (Å²) < 4.78 is 16.4. The minimum atomic E-state index is -0.205. The molecule has 0 bridgehead atoms. The molecule has 0 unspecified atom stereocenters. The zero-order valence-electron chi connectivity index (χ0n) is 16.8. The summed E-state index contributed by atoms with van der Waals surface area (Å²) >= 11 is 0. The number of Topliss-reactive ketones (excluding diaryl/α,β-unsaturated/α-hetero) is 1. The predicted octanol–water partition coefficient (Wildman–Crippen LogP) is 3.97. The van der Waals surface area contributed by atoms with Crippen molar-refractivity contribution in [3.05, 3.63) is 47.5 Å². The number of amides is 1. The molecule has 0 saturated heterocycles. The zero-order chi connectivity index (χ0) is 21.2. The number of ether oxygens (including phenoxy) is 3. The number of benzene rings is 2. The van der Waals surface area contributed by atoms with Gasteiger partial charge >= 0.3 is 0 Å². The van der Waals surface area contributed by atoms with Crippen LogP contribution in [0.2, 0.25) is 0 Å². The maximum atomic E-state index is 12.3. The van der Waals surface area contributed by atoms with Crippen LogP contribution in [0.15, 0.2) is 36.4 Å². The third-order valence-corrected chi connectivity index (χ3v) is 4.06. The Balaban J connectivity index is 1.90. The number of carbonyl (C=O) groups is 2. The van der Waals surface area contributed by atoms with E-state index in [9.17, 15) is 9.59 Å². The molecule has 2 aromatic carbocycles. The van der Waals surface area contributed by atoms with Crippen molar-refractivity contribution in [1.82, 2.24) is 0 Å². The van der Waals surface area contributed by atoms with Gasteiger partial charge in [-0.05, 0) is 56.7 Å². The molecule has 152 valence electrons. The number of anilines is 1. The molecule has 0 fully saturated rings. The molecule has 2 rings (SSSR count). The highest BCUT2D eigenvalue weighted by atomic mass is 16.5. The molecule has 2 aromatic rings. The van der Waals surface area contributed by atoms with Crippen LogP contribution in [0.1, 0.15) is 42.6 Å². The first-order chi connectivity index (χ1) is 14.0. The molecule has 1 N–H and O–H groups in total. The highest BCUT2D eigenvalue weighted by Gasteiger charge is 2.11. The van der Waals surface area contributed by atoms with E-state index in [-0.39, 0.29) is 18.1 Å². The Bertz CT molecular complexity index is 918. The van der Waals surface area contributed by atoms with Gasteiger partial charge in [-0.3, -0.25) is 9.59 Å². The van der Waals surface area contributed by atoms with Crippen molar-refractivity contribution in [2.24, 2.45) is 0 Å². The highest BCUT2D eigenvalue weighted by molar-refractivity contribution is 5.94. The van der Waals surface area contributed by atoms with Gasteiger partial charge in [-0.25, -0.2) is 0 Å². The summed E-state index contributed by atoms with van der Waals surface area (Å²) in [5.74, 6) is 1.24. The lowest BCUT2D eigenvalue weighted by Gasteiger charge is -2.13. The molecular formula is C22H24N2O5. The molecule has 29 heavy (non-hydrogen) atoms. The van der Waals surface area contributed by atoms with Crippen molar-refractivity contribution in [2.75, 3.05) is 25.6 Å². The quantitative estimate of drug-likeness (QED) is 0.482. The molecular weight excluding hydrogens is 372 g/mol. The van der Waals surface area contributed by atoms with E-state index >= 15 is 0 Å². The van der Waals surface area contributed by atoms with Crippen LogP contribution >= 0.6 is 0 Å². The first-order valence-corrected chi connectivity index (χ1v) is 9.27. The molecule has 7 nitrogen and oxygen atoms in total. The van der Waals surface area contributed by atoms with Gasteiger partial charge in [-0.2, -0.15) is 5.26 Å². The van der Waals surface area contributed by atoms with Crippen molar-refractivity contribution in [2.45, 2.75) is 26.7 Å². The minimum absolute atomic E-state index is 0.0570. The number of nitriles is 1. The largest absolute Gasteiger partial charge is 0.493 e. The van der Waals surface area contributed by atoms with Gasteiger partial charge in [-0.15, -0.1) is 0 Å². The Morgan fingerprint density at radius 1 is 1.07 bits per heavy atom. The van der Waals surface area contributed by atoms with Crippen LogP contribution in [0.4, 0.5) is 5.69 Å². The first kappa shape index (κ1) is 21.8. The van der Waals surface area contributed by atoms with Crippen LogP contribution in [-0.2, 0) is 4.79 Å². The highest BCUT2D eigenvalue weighted by Crippen LogP contribution is 2.29. The van der Waals surface area contributed by atoms with E-state index in [4.69, 9.17) is 19.5 Å². The van der Waals surface area contributed by atoms with Crippen LogP contribution in [0.3, 0.4) is 0 Å². The summed E-state index contributed by atoms with van der Waals surface area (Å²) in [7, 11) is 1.50.